The van der Waals surface area contributed by atoms with Gasteiger partial charge in [0.25, 0.3) is 5.91 Å². The van der Waals surface area contributed by atoms with Crippen LogP contribution in [0, 0.1) is 0 Å². The molecular formula is C20H28N2O5S. The van der Waals surface area contributed by atoms with Gasteiger partial charge in [-0.1, -0.05) is 25.3 Å². The first kappa shape index (κ1) is 20.8. The van der Waals surface area contributed by atoms with Crippen molar-refractivity contribution < 1.29 is 22.7 Å². The number of hydrogen-bond acceptors (Lipinski definition) is 5. The van der Waals surface area contributed by atoms with Gasteiger partial charge in [0, 0.05) is 26.2 Å². The number of carbonyl (C=O) groups is 2. The van der Waals surface area contributed by atoms with Crippen molar-refractivity contribution in [2.75, 3.05) is 32.8 Å². The summed E-state index contributed by atoms with van der Waals surface area (Å²) in [6, 6.07) is 5.85. The lowest BCUT2D eigenvalue weighted by molar-refractivity contribution is -0.134. The summed E-state index contributed by atoms with van der Waals surface area (Å²) in [5.74, 6) is -0.880. The lowest BCUT2D eigenvalue weighted by Crippen LogP contribution is -2.37. The van der Waals surface area contributed by atoms with Gasteiger partial charge in [-0.3, -0.25) is 4.79 Å². The number of rotatable bonds is 5. The van der Waals surface area contributed by atoms with Crippen LogP contribution >= 0.6 is 0 Å². The zero-order valence-corrected chi connectivity index (χ0v) is 17.0. The molecule has 1 aromatic rings. The second-order valence-electron chi connectivity index (χ2n) is 7.36. The third-order valence-corrected chi connectivity index (χ3v) is 7.20. The van der Waals surface area contributed by atoms with E-state index in [1.807, 2.05) is 0 Å². The predicted molar refractivity (Wildman–Crippen MR) is 104 cm³/mol. The molecule has 0 saturated carbocycles. The Hall–Kier alpha value is -1.93. The number of sulfonamides is 1. The van der Waals surface area contributed by atoms with Crippen LogP contribution in [0.3, 0.4) is 0 Å². The van der Waals surface area contributed by atoms with Crippen LogP contribution in [0.2, 0.25) is 0 Å². The molecule has 1 aromatic carbocycles. The van der Waals surface area contributed by atoms with E-state index in [9.17, 15) is 18.0 Å². The summed E-state index contributed by atoms with van der Waals surface area (Å²) >= 11 is 0. The molecule has 2 saturated heterocycles. The minimum absolute atomic E-state index is 0.0824. The summed E-state index contributed by atoms with van der Waals surface area (Å²) < 4.78 is 31.9. The summed E-state index contributed by atoms with van der Waals surface area (Å²) in [4.78, 5) is 26.5. The Morgan fingerprint density at radius 3 is 2.18 bits per heavy atom. The van der Waals surface area contributed by atoms with Crippen molar-refractivity contribution in [1.29, 1.82) is 0 Å². The molecular weight excluding hydrogens is 380 g/mol. The van der Waals surface area contributed by atoms with Crippen LogP contribution in [0.25, 0.3) is 0 Å². The van der Waals surface area contributed by atoms with Crippen molar-refractivity contribution in [3.05, 3.63) is 29.8 Å². The molecule has 2 heterocycles. The Morgan fingerprint density at radius 2 is 1.50 bits per heavy atom. The number of amides is 1. The Morgan fingerprint density at radius 1 is 0.893 bits per heavy atom. The Bertz CT molecular complexity index is 795. The Balaban J connectivity index is 1.60. The van der Waals surface area contributed by atoms with Crippen molar-refractivity contribution in [2.45, 2.75) is 49.8 Å². The largest absolute Gasteiger partial charge is 0.452 e. The van der Waals surface area contributed by atoms with Crippen LogP contribution < -0.4 is 0 Å². The van der Waals surface area contributed by atoms with Gasteiger partial charge in [-0.2, -0.15) is 4.31 Å². The van der Waals surface area contributed by atoms with Crippen molar-refractivity contribution in [3.63, 3.8) is 0 Å². The summed E-state index contributed by atoms with van der Waals surface area (Å²) in [7, 11) is -3.60. The van der Waals surface area contributed by atoms with Crippen LogP contribution in [-0.4, -0.2) is 62.3 Å². The van der Waals surface area contributed by atoms with Gasteiger partial charge >= 0.3 is 5.97 Å². The normalized spacial score (nSPS) is 19.1. The summed E-state index contributed by atoms with van der Waals surface area (Å²) in [6.45, 7) is 2.07. The number of ether oxygens (including phenoxy) is 1. The van der Waals surface area contributed by atoms with E-state index in [-0.39, 0.29) is 23.0 Å². The molecule has 0 radical (unpaired) electrons. The predicted octanol–water partition coefficient (Wildman–Crippen LogP) is 2.42. The molecule has 3 rings (SSSR count). The first-order chi connectivity index (χ1) is 13.5. The van der Waals surface area contributed by atoms with Crippen molar-refractivity contribution in [1.82, 2.24) is 9.21 Å². The van der Waals surface area contributed by atoms with Gasteiger partial charge in [-0.15, -0.1) is 0 Å². The fourth-order valence-electron chi connectivity index (χ4n) is 3.66. The lowest BCUT2D eigenvalue weighted by atomic mass is 10.1. The monoisotopic (exact) mass is 408 g/mol. The van der Waals surface area contributed by atoms with Crippen LogP contribution in [0.5, 0.6) is 0 Å². The summed E-state index contributed by atoms with van der Waals surface area (Å²) in [5.41, 5.74) is 0.140. The van der Waals surface area contributed by atoms with E-state index in [1.165, 1.54) is 35.0 Å². The topological polar surface area (TPSA) is 84.0 Å². The molecule has 2 aliphatic rings. The average Bonchev–Trinajstić information content (AvgIpc) is 3.21. The maximum Gasteiger partial charge on any atom is 0.338 e. The molecule has 1 amide bonds. The average molecular weight is 409 g/mol. The molecule has 154 valence electrons. The maximum absolute atomic E-state index is 12.7. The minimum Gasteiger partial charge on any atom is -0.452 e. The highest BCUT2D eigenvalue weighted by atomic mass is 32.2. The van der Waals surface area contributed by atoms with Crippen LogP contribution in [0.4, 0.5) is 0 Å². The molecule has 2 aliphatic heterocycles. The third kappa shape index (κ3) is 5.11. The van der Waals surface area contributed by atoms with Gasteiger partial charge in [0.1, 0.15) is 0 Å². The van der Waals surface area contributed by atoms with Gasteiger partial charge in [-0.05, 0) is 43.9 Å². The molecule has 7 nitrogen and oxygen atoms in total. The van der Waals surface area contributed by atoms with E-state index in [2.05, 4.69) is 0 Å². The van der Waals surface area contributed by atoms with Gasteiger partial charge in [0.05, 0.1) is 10.5 Å². The quantitative estimate of drug-likeness (QED) is 0.699. The zero-order chi connectivity index (χ0) is 20.0. The number of nitrogens with zero attached hydrogens (tertiary/aromatic N) is 2. The number of benzene rings is 1. The molecule has 0 unspecified atom stereocenters. The summed E-state index contributed by atoms with van der Waals surface area (Å²) in [6.07, 6.45) is 7.06. The van der Waals surface area contributed by atoms with Gasteiger partial charge < -0.3 is 9.64 Å². The third-order valence-electron chi connectivity index (χ3n) is 5.31. The molecule has 0 bridgehead atoms. The Kier molecular flexibility index (Phi) is 7.07. The standard InChI is InChI=1S/C20H28N2O5S/c23-19(21-11-4-2-1-3-5-12-21)16-27-20(24)17-9-8-10-18(15-17)28(25,26)22-13-6-7-14-22/h8-10,15H,1-7,11-14,16H2. The van der Waals surface area contributed by atoms with Gasteiger partial charge in [0.15, 0.2) is 6.61 Å². The highest BCUT2D eigenvalue weighted by Crippen LogP contribution is 2.22. The molecule has 0 aliphatic carbocycles. The molecule has 28 heavy (non-hydrogen) atoms. The van der Waals surface area contributed by atoms with Crippen molar-refractivity contribution in [2.24, 2.45) is 0 Å². The smallest absolute Gasteiger partial charge is 0.338 e. The van der Waals surface area contributed by atoms with E-state index in [4.69, 9.17) is 4.74 Å². The van der Waals surface area contributed by atoms with Crippen LogP contribution in [0.15, 0.2) is 29.2 Å². The molecule has 0 spiro atoms. The number of hydrogen-bond donors (Lipinski definition) is 0. The van der Waals surface area contributed by atoms with E-state index in [0.29, 0.717) is 26.2 Å². The van der Waals surface area contributed by atoms with Crippen molar-refractivity contribution >= 4 is 21.9 Å². The summed E-state index contributed by atoms with van der Waals surface area (Å²) in [5, 5.41) is 0. The molecule has 2 fully saturated rings. The first-order valence-corrected chi connectivity index (χ1v) is 11.5. The van der Waals surface area contributed by atoms with E-state index >= 15 is 0 Å². The number of carbonyl (C=O) groups excluding carboxylic acids is 2. The number of esters is 1. The van der Waals surface area contributed by atoms with Gasteiger partial charge in [0.2, 0.25) is 10.0 Å². The highest BCUT2D eigenvalue weighted by Gasteiger charge is 2.28. The second-order valence-corrected chi connectivity index (χ2v) is 9.30. The fourth-order valence-corrected chi connectivity index (χ4v) is 5.22. The maximum atomic E-state index is 12.7. The van der Waals surface area contributed by atoms with Crippen LogP contribution in [-0.2, 0) is 19.6 Å². The first-order valence-electron chi connectivity index (χ1n) is 10.0. The van der Waals surface area contributed by atoms with Gasteiger partial charge in [-0.25, -0.2) is 13.2 Å². The molecule has 0 aromatic heterocycles. The lowest BCUT2D eigenvalue weighted by Gasteiger charge is -2.24. The van der Waals surface area contributed by atoms with Crippen molar-refractivity contribution in [3.8, 4) is 0 Å². The van der Waals surface area contributed by atoms with E-state index < -0.39 is 16.0 Å². The van der Waals surface area contributed by atoms with E-state index in [0.717, 1.165) is 38.5 Å². The second kappa shape index (κ2) is 9.52. The van der Waals surface area contributed by atoms with E-state index in [1.54, 1.807) is 4.90 Å². The molecule has 0 N–H and O–H groups in total. The SMILES string of the molecule is O=C(OCC(=O)N1CCCCCCC1)c1cccc(S(=O)(=O)N2CCCC2)c1. The highest BCUT2D eigenvalue weighted by molar-refractivity contribution is 7.89. The molecule has 8 heteroatoms. The zero-order valence-electron chi connectivity index (χ0n) is 16.1. The fraction of sp³-hybridized carbons (Fsp3) is 0.600. The molecule has 0 atom stereocenters. The Labute approximate surface area is 166 Å². The minimum atomic E-state index is -3.60. The van der Waals surface area contributed by atoms with Crippen LogP contribution in [0.1, 0.15) is 55.3 Å². The number of likely N-dealkylation sites (tertiary alicyclic amines) is 1.